The van der Waals surface area contributed by atoms with Crippen LogP contribution in [0.1, 0.15) is 16.7 Å². The van der Waals surface area contributed by atoms with Crippen molar-refractivity contribution in [3.8, 4) is 0 Å². The van der Waals surface area contributed by atoms with Gasteiger partial charge in [-0.1, -0.05) is 90.5 Å². The smallest absolute Gasteiger partial charge is 0.315 e. The zero-order valence-electron chi connectivity index (χ0n) is 19.1. The first-order valence-electron chi connectivity index (χ1n) is 11.3. The number of anilines is 1. The van der Waals surface area contributed by atoms with E-state index in [1.165, 1.54) is 0 Å². The fourth-order valence-corrected chi connectivity index (χ4v) is 4.53. The molecular formula is C27H22ClN5O3. The molecule has 1 saturated heterocycles. The molecule has 2 N–H and O–H groups in total. The normalized spacial score (nSPS) is 14.5. The zero-order chi connectivity index (χ0) is 25.1. The number of hydrogen-bond acceptors (Lipinski definition) is 4. The van der Waals surface area contributed by atoms with E-state index in [-0.39, 0.29) is 0 Å². The van der Waals surface area contributed by atoms with Crippen molar-refractivity contribution in [1.29, 1.82) is 0 Å². The van der Waals surface area contributed by atoms with Crippen LogP contribution in [0.5, 0.6) is 0 Å². The standard InChI is InChI=1S/C27H22ClN5O3/c28-22-14-8-7-9-19(22)17-33-23(15-16-29-33)30-24(34)18-32-25(35)27(31-26(32)36,20-10-3-1-4-11-20)21-12-5-2-6-13-21/h1-16H,17-18H2,(H,30,34)(H,31,36). The SMILES string of the molecule is O=C(CN1C(=O)NC(c2ccccc2)(c2ccccc2)C1=O)Nc1ccnn1Cc1ccccc1Cl. The first-order chi connectivity index (χ1) is 17.5. The van der Waals surface area contributed by atoms with Crippen LogP contribution in [0.25, 0.3) is 0 Å². The predicted octanol–water partition coefficient (Wildman–Crippen LogP) is 4.02. The lowest BCUT2D eigenvalue weighted by Crippen LogP contribution is -2.45. The van der Waals surface area contributed by atoms with E-state index in [9.17, 15) is 14.4 Å². The van der Waals surface area contributed by atoms with Gasteiger partial charge in [-0.25, -0.2) is 9.48 Å². The molecule has 0 saturated carbocycles. The van der Waals surface area contributed by atoms with E-state index in [4.69, 9.17) is 11.6 Å². The number of carbonyl (C=O) groups is 3. The molecule has 0 spiro atoms. The van der Waals surface area contributed by atoms with Crippen molar-refractivity contribution in [1.82, 2.24) is 20.0 Å². The number of carbonyl (C=O) groups excluding carboxylic acids is 3. The monoisotopic (exact) mass is 499 g/mol. The maximum absolute atomic E-state index is 13.8. The number of amides is 4. The summed E-state index contributed by atoms with van der Waals surface area (Å²) in [6.07, 6.45) is 1.55. The van der Waals surface area contributed by atoms with Crippen molar-refractivity contribution < 1.29 is 14.4 Å². The molecule has 1 aliphatic rings. The molecule has 0 atom stereocenters. The molecule has 3 aromatic carbocycles. The van der Waals surface area contributed by atoms with Gasteiger partial charge in [-0.05, 0) is 22.8 Å². The summed E-state index contributed by atoms with van der Waals surface area (Å²) < 4.78 is 1.59. The van der Waals surface area contributed by atoms with Gasteiger partial charge in [0.25, 0.3) is 5.91 Å². The number of aromatic nitrogens is 2. The molecule has 4 aromatic rings. The van der Waals surface area contributed by atoms with Crippen molar-refractivity contribution in [2.45, 2.75) is 12.1 Å². The van der Waals surface area contributed by atoms with Crippen molar-refractivity contribution in [3.63, 3.8) is 0 Å². The van der Waals surface area contributed by atoms with Crippen LogP contribution in [-0.2, 0) is 21.7 Å². The van der Waals surface area contributed by atoms with Crippen molar-refractivity contribution in [2.24, 2.45) is 0 Å². The first-order valence-corrected chi connectivity index (χ1v) is 11.7. The Kier molecular flexibility index (Phi) is 6.26. The van der Waals surface area contributed by atoms with Crippen molar-refractivity contribution in [3.05, 3.63) is 119 Å². The topological polar surface area (TPSA) is 96.3 Å². The number of halogens is 1. The minimum atomic E-state index is -1.42. The van der Waals surface area contributed by atoms with E-state index in [0.29, 0.717) is 28.5 Å². The fourth-order valence-electron chi connectivity index (χ4n) is 4.33. The quantitative estimate of drug-likeness (QED) is 0.375. The van der Waals surface area contributed by atoms with E-state index in [1.807, 2.05) is 30.3 Å². The lowest BCUT2D eigenvalue weighted by Gasteiger charge is -2.28. The molecule has 36 heavy (non-hydrogen) atoms. The van der Waals surface area contributed by atoms with Gasteiger partial charge in [0.15, 0.2) is 5.54 Å². The summed E-state index contributed by atoms with van der Waals surface area (Å²) in [7, 11) is 0. The number of rotatable bonds is 7. The van der Waals surface area contributed by atoms with Gasteiger partial charge in [0.2, 0.25) is 5.91 Å². The van der Waals surface area contributed by atoms with Gasteiger partial charge in [0, 0.05) is 11.1 Å². The van der Waals surface area contributed by atoms with Crippen LogP contribution < -0.4 is 10.6 Å². The highest BCUT2D eigenvalue weighted by atomic mass is 35.5. The second kappa shape index (κ2) is 9.67. The Balaban J connectivity index is 1.37. The van der Waals surface area contributed by atoms with E-state index >= 15 is 0 Å². The highest BCUT2D eigenvalue weighted by molar-refractivity contribution is 6.31. The second-order valence-corrected chi connectivity index (χ2v) is 8.72. The van der Waals surface area contributed by atoms with Crippen LogP contribution in [-0.4, -0.2) is 39.1 Å². The molecule has 0 aliphatic carbocycles. The van der Waals surface area contributed by atoms with Crippen molar-refractivity contribution >= 4 is 35.3 Å². The molecule has 9 heteroatoms. The van der Waals surface area contributed by atoms with Crippen molar-refractivity contribution in [2.75, 3.05) is 11.9 Å². The average Bonchev–Trinajstić information content (AvgIpc) is 3.43. The molecule has 180 valence electrons. The molecule has 1 aliphatic heterocycles. The van der Waals surface area contributed by atoms with Crippen LogP contribution >= 0.6 is 11.6 Å². The molecule has 5 rings (SSSR count). The van der Waals surface area contributed by atoms with Crippen LogP contribution in [0.15, 0.2) is 97.2 Å². The lowest BCUT2D eigenvalue weighted by molar-refractivity contribution is -0.133. The van der Waals surface area contributed by atoms with Gasteiger partial charge in [0.1, 0.15) is 12.4 Å². The number of nitrogens with one attached hydrogen (secondary N) is 2. The number of hydrogen-bond donors (Lipinski definition) is 2. The number of imide groups is 1. The Morgan fingerprint density at radius 1 is 0.889 bits per heavy atom. The highest BCUT2D eigenvalue weighted by Gasteiger charge is 2.54. The van der Waals surface area contributed by atoms with Gasteiger partial charge < -0.3 is 10.6 Å². The Bertz CT molecular complexity index is 1380. The van der Waals surface area contributed by atoms with Crippen LogP contribution in [0.2, 0.25) is 5.02 Å². The minimum Gasteiger partial charge on any atom is -0.315 e. The van der Waals surface area contributed by atoms with Crippen LogP contribution in [0.4, 0.5) is 10.6 Å². The Labute approximate surface area is 212 Å². The number of urea groups is 1. The summed E-state index contributed by atoms with van der Waals surface area (Å²) in [4.78, 5) is 40.7. The Morgan fingerprint density at radius 2 is 1.50 bits per heavy atom. The maximum atomic E-state index is 13.8. The number of benzene rings is 3. The molecule has 0 unspecified atom stereocenters. The molecule has 0 radical (unpaired) electrons. The summed E-state index contributed by atoms with van der Waals surface area (Å²) >= 11 is 6.26. The summed E-state index contributed by atoms with van der Waals surface area (Å²) in [6, 6.07) is 26.3. The van der Waals surface area contributed by atoms with E-state index in [1.54, 1.807) is 71.5 Å². The zero-order valence-corrected chi connectivity index (χ0v) is 19.9. The maximum Gasteiger partial charge on any atom is 0.326 e. The van der Waals surface area contributed by atoms with Gasteiger partial charge in [-0.3, -0.25) is 14.5 Å². The molecule has 8 nitrogen and oxygen atoms in total. The van der Waals surface area contributed by atoms with Gasteiger partial charge in [-0.2, -0.15) is 5.10 Å². The van der Waals surface area contributed by atoms with Gasteiger partial charge in [-0.15, -0.1) is 0 Å². The Morgan fingerprint density at radius 3 is 2.14 bits per heavy atom. The molecule has 4 amide bonds. The first kappa shape index (κ1) is 23.3. The van der Waals surface area contributed by atoms with Crippen LogP contribution in [0.3, 0.4) is 0 Å². The molecular weight excluding hydrogens is 478 g/mol. The van der Waals surface area contributed by atoms with Gasteiger partial charge in [0.05, 0.1) is 12.7 Å². The molecule has 2 heterocycles. The molecule has 1 fully saturated rings. The minimum absolute atomic E-state index is 0.344. The summed E-state index contributed by atoms with van der Waals surface area (Å²) in [5.74, 6) is -0.634. The summed E-state index contributed by atoms with van der Waals surface area (Å²) in [5.41, 5.74) is 0.625. The third-order valence-corrected chi connectivity index (χ3v) is 6.45. The molecule has 0 bridgehead atoms. The van der Waals surface area contributed by atoms with E-state index in [2.05, 4.69) is 15.7 Å². The second-order valence-electron chi connectivity index (χ2n) is 8.32. The summed E-state index contributed by atoms with van der Waals surface area (Å²) in [5, 5.41) is 10.4. The third kappa shape index (κ3) is 4.23. The number of nitrogens with zero attached hydrogens (tertiary/aromatic N) is 3. The fraction of sp³-hybridized carbons (Fsp3) is 0.111. The summed E-state index contributed by atoms with van der Waals surface area (Å²) in [6.45, 7) is -0.111. The lowest BCUT2D eigenvalue weighted by atomic mass is 9.82. The van der Waals surface area contributed by atoms with E-state index in [0.717, 1.165) is 10.5 Å². The highest BCUT2D eigenvalue weighted by Crippen LogP contribution is 2.35. The Hall–Kier alpha value is -4.43. The van der Waals surface area contributed by atoms with Gasteiger partial charge >= 0.3 is 6.03 Å². The van der Waals surface area contributed by atoms with Crippen LogP contribution in [0, 0.1) is 0 Å². The van der Waals surface area contributed by atoms with E-state index < -0.39 is 29.9 Å². The third-order valence-electron chi connectivity index (χ3n) is 6.08. The average molecular weight is 500 g/mol. The largest absolute Gasteiger partial charge is 0.326 e. The predicted molar refractivity (Wildman–Crippen MR) is 135 cm³/mol. The molecule has 1 aromatic heterocycles.